The maximum Gasteiger partial charge on any atom is 0.264 e. The summed E-state index contributed by atoms with van der Waals surface area (Å²) in [4.78, 5) is 14.5. The topological polar surface area (TPSA) is 58.2 Å². The summed E-state index contributed by atoms with van der Waals surface area (Å²) in [6.45, 7) is 0.440. The summed E-state index contributed by atoms with van der Waals surface area (Å²) < 4.78 is 46.0. The third-order valence-electron chi connectivity index (χ3n) is 5.41. The zero-order valence-corrected chi connectivity index (χ0v) is 16.2. The molecule has 2 aromatic carbocycles. The van der Waals surface area contributed by atoms with E-state index in [1.807, 2.05) is 0 Å². The van der Waals surface area contributed by atoms with Gasteiger partial charge in [0, 0.05) is 35.5 Å². The van der Waals surface area contributed by atoms with Gasteiger partial charge in [-0.1, -0.05) is 12.1 Å². The molecule has 156 valence electrons. The predicted octanol–water partition coefficient (Wildman–Crippen LogP) is 4.76. The van der Waals surface area contributed by atoms with Crippen LogP contribution in [0.25, 0.3) is 11.1 Å². The summed E-state index contributed by atoms with van der Waals surface area (Å²) in [5.74, 6) is -0.762. The van der Waals surface area contributed by atoms with Crippen LogP contribution in [-0.2, 0) is 11.2 Å². The lowest BCUT2D eigenvalue weighted by molar-refractivity contribution is -0.120. The number of carbonyl (C=O) groups excluding carboxylic acids is 1. The number of rotatable bonds is 6. The van der Waals surface area contributed by atoms with Crippen LogP contribution in [0.1, 0.15) is 24.0 Å². The standard InChI is InChI=1S/C22H20F3N3O2/c1-30-20-9-13(2-5-19(20)23)8-14-6-7-28(22(14)29)16-3-4-17(15-11-26-27-12-15)18(10-16)21(24)25/h2-5,9-12,14,21H,6-8H2,1H3,(H,26,27). The lowest BCUT2D eigenvalue weighted by Crippen LogP contribution is -2.27. The van der Waals surface area contributed by atoms with E-state index in [4.69, 9.17) is 4.74 Å². The molecule has 1 aliphatic heterocycles. The Balaban J connectivity index is 1.56. The SMILES string of the molecule is COc1cc(CC2CCN(c3ccc(-c4cn[nH]c4)c(C(F)F)c3)C2=O)ccc1F. The minimum absolute atomic E-state index is 0.130. The monoisotopic (exact) mass is 415 g/mol. The molecule has 0 bridgehead atoms. The van der Waals surface area contributed by atoms with E-state index in [1.165, 1.54) is 30.3 Å². The van der Waals surface area contributed by atoms with Gasteiger partial charge in [-0.25, -0.2) is 13.2 Å². The van der Waals surface area contributed by atoms with Crippen molar-refractivity contribution in [2.45, 2.75) is 19.3 Å². The lowest BCUT2D eigenvalue weighted by atomic mass is 9.97. The predicted molar refractivity (Wildman–Crippen MR) is 106 cm³/mol. The number of aromatic nitrogens is 2. The van der Waals surface area contributed by atoms with Crippen LogP contribution in [0.5, 0.6) is 5.75 Å². The second kappa shape index (κ2) is 8.22. The van der Waals surface area contributed by atoms with Crippen LogP contribution in [0.15, 0.2) is 48.8 Å². The summed E-state index contributed by atoms with van der Waals surface area (Å²) >= 11 is 0. The van der Waals surface area contributed by atoms with Crippen LogP contribution in [0.3, 0.4) is 0 Å². The number of alkyl halides is 2. The Morgan fingerprint density at radius 3 is 2.80 bits per heavy atom. The first-order chi connectivity index (χ1) is 14.5. The average molecular weight is 415 g/mol. The molecule has 1 N–H and O–H groups in total. The van der Waals surface area contributed by atoms with Crippen LogP contribution >= 0.6 is 0 Å². The van der Waals surface area contributed by atoms with Gasteiger partial charge in [-0.15, -0.1) is 0 Å². The van der Waals surface area contributed by atoms with E-state index in [0.717, 1.165) is 5.56 Å². The van der Waals surface area contributed by atoms with Gasteiger partial charge in [0.15, 0.2) is 11.6 Å². The number of H-pyrrole nitrogens is 1. The number of aromatic amines is 1. The fraction of sp³-hybridized carbons (Fsp3) is 0.273. The molecular formula is C22H20F3N3O2. The summed E-state index contributed by atoms with van der Waals surface area (Å²) in [6.07, 6.45) is 1.37. The molecule has 1 saturated heterocycles. The molecule has 1 aliphatic rings. The highest BCUT2D eigenvalue weighted by molar-refractivity contribution is 5.97. The van der Waals surface area contributed by atoms with Crippen molar-refractivity contribution < 1.29 is 22.7 Å². The number of halogens is 3. The van der Waals surface area contributed by atoms with Gasteiger partial charge in [0.1, 0.15) is 0 Å². The molecule has 4 rings (SSSR count). The van der Waals surface area contributed by atoms with Crippen molar-refractivity contribution in [1.82, 2.24) is 10.2 Å². The molecule has 8 heteroatoms. The molecule has 5 nitrogen and oxygen atoms in total. The molecule has 0 spiro atoms. The molecule has 1 atom stereocenters. The minimum Gasteiger partial charge on any atom is -0.494 e. The Morgan fingerprint density at radius 2 is 2.10 bits per heavy atom. The molecule has 0 radical (unpaired) electrons. The number of hydrogen-bond acceptors (Lipinski definition) is 3. The largest absolute Gasteiger partial charge is 0.494 e. The summed E-state index contributed by atoms with van der Waals surface area (Å²) in [5.41, 5.74) is 2.03. The molecular weight excluding hydrogens is 395 g/mol. The minimum atomic E-state index is -2.69. The molecule has 0 aliphatic carbocycles. The van der Waals surface area contributed by atoms with Crippen molar-refractivity contribution >= 4 is 11.6 Å². The first-order valence-electron chi connectivity index (χ1n) is 9.53. The van der Waals surface area contributed by atoms with Gasteiger partial charge < -0.3 is 9.64 Å². The molecule has 1 unspecified atom stereocenters. The van der Waals surface area contributed by atoms with Gasteiger partial charge in [-0.2, -0.15) is 5.10 Å². The molecule has 0 saturated carbocycles. The number of ether oxygens (including phenoxy) is 1. The fourth-order valence-corrected chi connectivity index (χ4v) is 3.86. The van der Waals surface area contributed by atoms with E-state index in [1.54, 1.807) is 30.5 Å². The first kappa shape index (κ1) is 20.0. The summed E-state index contributed by atoms with van der Waals surface area (Å²) in [6, 6.07) is 9.16. The molecule has 1 fully saturated rings. The Morgan fingerprint density at radius 1 is 1.27 bits per heavy atom. The molecule has 1 aromatic heterocycles. The van der Waals surface area contributed by atoms with Crippen molar-refractivity contribution in [3.05, 3.63) is 65.7 Å². The van der Waals surface area contributed by atoms with Gasteiger partial charge >= 0.3 is 0 Å². The highest BCUT2D eigenvalue weighted by atomic mass is 19.3. The fourth-order valence-electron chi connectivity index (χ4n) is 3.86. The quantitative estimate of drug-likeness (QED) is 0.632. The number of nitrogens with zero attached hydrogens (tertiary/aromatic N) is 2. The van der Waals surface area contributed by atoms with Gasteiger partial charge in [0.2, 0.25) is 5.91 Å². The van der Waals surface area contributed by atoms with Gasteiger partial charge in [-0.3, -0.25) is 9.89 Å². The van der Waals surface area contributed by atoms with E-state index in [9.17, 15) is 18.0 Å². The highest BCUT2D eigenvalue weighted by Crippen LogP contribution is 2.36. The van der Waals surface area contributed by atoms with Crippen molar-refractivity contribution in [3.63, 3.8) is 0 Å². The van der Waals surface area contributed by atoms with Crippen LogP contribution in [0, 0.1) is 11.7 Å². The Labute approximate surface area is 171 Å². The van der Waals surface area contributed by atoms with Crippen molar-refractivity contribution in [2.24, 2.45) is 5.92 Å². The average Bonchev–Trinajstić information content (AvgIpc) is 3.40. The van der Waals surface area contributed by atoms with Crippen molar-refractivity contribution in [2.75, 3.05) is 18.6 Å². The van der Waals surface area contributed by atoms with E-state index in [2.05, 4.69) is 10.2 Å². The number of nitrogens with one attached hydrogen (secondary N) is 1. The number of amides is 1. The van der Waals surface area contributed by atoms with E-state index in [0.29, 0.717) is 36.2 Å². The van der Waals surface area contributed by atoms with Gasteiger partial charge in [0.25, 0.3) is 6.43 Å². The Bertz CT molecular complexity index is 1050. The van der Waals surface area contributed by atoms with E-state index < -0.39 is 12.2 Å². The van der Waals surface area contributed by atoms with Crippen LogP contribution in [0.2, 0.25) is 0 Å². The first-order valence-corrected chi connectivity index (χ1v) is 9.53. The highest BCUT2D eigenvalue weighted by Gasteiger charge is 2.33. The Hall–Kier alpha value is -3.29. The Kier molecular flexibility index (Phi) is 5.48. The number of benzene rings is 2. The van der Waals surface area contributed by atoms with Gasteiger partial charge in [-0.05, 0) is 48.2 Å². The maximum atomic E-state index is 13.7. The van der Waals surface area contributed by atoms with Crippen molar-refractivity contribution in [1.29, 1.82) is 0 Å². The van der Waals surface area contributed by atoms with Crippen molar-refractivity contribution in [3.8, 4) is 16.9 Å². The zero-order valence-electron chi connectivity index (χ0n) is 16.2. The number of anilines is 1. The molecule has 3 aromatic rings. The van der Waals surface area contributed by atoms with Gasteiger partial charge in [0.05, 0.1) is 13.3 Å². The lowest BCUT2D eigenvalue weighted by Gasteiger charge is -2.19. The second-order valence-corrected chi connectivity index (χ2v) is 7.21. The molecule has 30 heavy (non-hydrogen) atoms. The molecule has 1 amide bonds. The zero-order chi connectivity index (χ0) is 21.3. The second-order valence-electron chi connectivity index (χ2n) is 7.21. The van der Waals surface area contributed by atoms with Crippen LogP contribution < -0.4 is 9.64 Å². The maximum absolute atomic E-state index is 13.7. The van der Waals surface area contributed by atoms with E-state index in [-0.39, 0.29) is 23.1 Å². The normalized spacial score (nSPS) is 16.5. The summed E-state index contributed by atoms with van der Waals surface area (Å²) in [7, 11) is 1.39. The number of hydrogen-bond donors (Lipinski definition) is 1. The smallest absolute Gasteiger partial charge is 0.264 e. The third kappa shape index (κ3) is 3.77. The van der Waals surface area contributed by atoms with E-state index >= 15 is 0 Å². The number of carbonyl (C=O) groups is 1. The summed E-state index contributed by atoms with van der Waals surface area (Å²) in [5, 5.41) is 6.43. The number of methoxy groups -OCH3 is 1. The van der Waals surface area contributed by atoms with Crippen LogP contribution in [-0.4, -0.2) is 29.8 Å². The third-order valence-corrected chi connectivity index (χ3v) is 5.41. The van der Waals surface area contributed by atoms with Crippen LogP contribution in [0.4, 0.5) is 18.9 Å². The molecule has 2 heterocycles.